The minimum Gasteiger partial charge on any atom is -0.343 e. The van der Waals surface area contributed by atoms with E-state index in [4.69, 9.17) is 0 Å². The molecule has 0 aliphatic carbocycles. The van der Waals surface area contributed by atoms with Crippen LogP contribution >= 0.6 is 0 Å². The second-order valence-electron chi connectivity index (χ2n) is 5.89. The van der Waals surface area contributed by atoms with Crippen molar-refractivity contribution in [1.29, 1.82) is 0 Å². The van der Waals surface area contributed by atoms with Gasteiger partial charge in [0.2, 0.25) is 5.91 Å². The number of amides is 1. The molecule has 0 radical (unpaired) electrons. The van der Waals surface area contributed by atoms with Crippen molar-refractivity contribution in [1.82, 2.24) is 19.9 Å². The molecule has 1 N–H and O–H groups in total. The number of nitrogens with one attached hydrogen (secondary N) is 1. The van der Waals surface area contributed by atoms with Crippen LogP contribution in [-0.2, 0) is 11.2 Å². The molecule has 3 rings (SSSR count). The van der Waals surface area contributed by atoms with Gasteiger partial charge in [-0.25, -0.2) is 9.97 Å². The number of nitrogens with zero attached hydrogens (tertiary/aromatic N) is 4. The van der Waals surface area contributed by atoms with Crippen molar-refractivity contribution < 1.29 is 4.79 Å². The van der Waals surface area contributed by atoms with Gasteiger partial charge in [-0.15, -0.1) is 0 Å². The zero-order chi connectivity index (χ0) is 16.1. The van der Waals surface area contributed by atoms with Crippen LogP contribution in [0, 0.1) is 5.92 Å². The lowest BCUT2D eigenvalue weighted by molar-refractivity contribution is -0.130. The second-order valence-corrected chi connectivity index (χ2v) is 5.89. The van der Waals surface area contributed by atoms with Crippen molar-refractivity contribution in [3.8, 4) is 0 Å². The molecule has 1 aliphatic heterocycles. The third-order valence-electron chi connectivity index (χ3n) is 4.16. The van der Waals surface area contributed by atoms with Crippen LogP contribution in [0.5, 0.6) is 0 Å². The summed E-state index contributed by atoms with van der Waals surface area (Å²) in [5, 5.41) is 3.17. The van der Waals surface area contributed by atoms with Gasteiger partial charge in [0, 0.05) is 32.4 Å². The van der Waals surface area contributed by atoms with E-state index < -0.39 is 0 Å². The number of piperidine rings is 1. The Morgan fingerprint density at radius 2 is 2.09 bits per heavy atom. The Morgan fingerprint density at radius 3 is 2.78 bits per heavy atom. The molecule has 1 amide bonds. The molecule has 6 nitrogen and oxygen atoms in total. The predicted molar refractivity (Wildman–Crippen MR) is 88.2 cm³/mol. The lowest BCUT2D eigenvalue weighted by Crippen LogP contribution is -2.37. The van der Waals surface area contributed by atoms with Crippen molar-refractivity contribution in [2.45, 2.75) is 26.2 Å². The van der Waals surface area contributed by atoms with E-state index in [-0.39, 0.29) is 5.91 Å². The second kappa shape index (κ2) is 7.17. The largest absolute Gasteiger partial charge is 0.343 e. The van der Waals surface area contributed by atoms with Crippen LogP contribution in [0.15, 0.2) is 36.8 Å². The molecule has 1 saturated heterocycles. The summed E-state index contributed by atoms with van der Waals surface area (Å²) in [4.78, 5) is 26.4. The first-order chi connectivity index (χ1) is 11.2. The Bertz CT molecular complexity index is 653. The highest BCUT2D eigenvalue weighted by molar-refractivity contribution is 5.73. The number of anilines is 2. The summed E-state index contributed by atoms with van der Waals surface area (Å²) in [6, 6.07) is 5.70. The number of likely N-dealkylation sites (tertiary alicyclic amines) is 1. The first-order valence-electron chi connectivity index (χ1n) is 7.95. The van der Waals surface area contributed by atoms with Crippen molar-refractivity contribution in [3.63, 3.8) is 0 Å². The maximum atomic E-state index is 11.4. The fourth-order valence-electron chi connectivity index (χ4n) is 2.88. The Balaban J connectivity index is 1.59. The van der Waals surface area contributed by atoms with Gasteiger partial charge in [0.05, 0.1) is 11.9 Å². The minimum atomic E-state index is 0.171. The fraction of sp³-hybridized carbons (Fsp3) is 0.412. The maximum absolute atomic E-state index is 11.4. The highest BCUT2D eigenvalue weighted by Gasteiger charge is 2.21. The first-order valence-corrected chi connectivity index (χ1v) is 7.95. The van der Waals surface area contributed by atoms with Gasteiger partial charge in [-0.3, -0.25) is 9.78 Å². The summed E-state index contributed by atoms with van der Waals surface area (Å²) in [5.74, 6) is 2.20. The number of hydrogen-bond acceptors (Lipinski definition) is 5. The monoisotopic (exact) mass is 311 g/mol. The van der Waals surface area contributed by atoms with Gasteiger partial charge in [-0.05, 0) is 37.3 Å². The fourth-order valence-corrected chi connectivity index (χ4v) is 2.88. The summed E-state index contributed by atoms with van der Waals surface area (Å²) in [6.45, 7) is 3.33. The number of carbonyl (C=O) groups excluding carboxylic acids is 1. The van der Waals surface area contributed by atoms with Crippen molar-refractivity contribution in [2.24, 2.45) is 5.92 Å². The summed E-state index contributed by atoms with van der Waals surface area (Å²) >= 11 is 0. The average molecular weight is 311 g/mol. The SMILES string of the molecule is CC(=O)N1CCC(Cc2cncc(Nc3ccccn3)n2)CC1. The Labute approximate surface area is 136 Å². The van der Waals surface area contributed by atoms with E-state index in [1.165, 1.54) is 0 Å². The van der Waals surface area contributed by atoms with Gasteiger partial charge < -0.3 is 10.2 Å². The number of pyridine rings is 1. The Hall–Kier alpha value is -2.50. The van der Waals surface area contributed by atoms with E-state index in [9.17, 15) is 4.79 Å². The van der Waals surface area contributed by atoms with Crippen LogP contribution in [0.25, 0.3) is 0 Å². The van der Waals surface area contributed by atoms with Gasteiger partial charge in [-0.2, -0.15) is 0 Å². The third-order valence-corrected chi connectivity index (χ3v) is 4.16. The molecule has 0 aromatic carbocycles. The molecule has 1 aliphatic rings. The van der Waals surface area contributed by atoms with Crippen LogP contribution in [0.4, 0.5) is 11.6 Å². The number of hydrogen-bond donors (Lipinski definition) is 1. The van der Waals surface area contributed by atoms with Crippen LogP contribution in [0.2, 0.25) is 0 Å². The zero-order valence-electron chi connectivity index (χ0n) is 13.3. The smallest absolute Gasteiger partial charge is 0.219 e. The minimum absolute atomic E-state index is 0.171. The van der Waals surface area contributed by atoms with Gasteiger partial charge in [0.25, 0.3) is 0 Å². The number of aromatic nitrogens is 3. The average Bonchev–Trinajstić information content (AvgIpc) is 2.57. The first kappa shape index (κ1) is 15.4. The molecule has 3 heterocycles. The van der Waals surface area contributed by atoms with Gasteiger partial charge in [-0.1, -0.05) is 6.07 Å². The molecule has 1 fully saturated rings. The molecule has 23 heavy (non-hydrogen) atoms. The summed E-state index contributed by atoms with van der Waals surface area (Å²) in [5.41, 5.74) is 0.979. The number of carbonyl (C=O) groups is 1. The van der Waals surface area contributed by atoms with Crippen LogP contribution in [-0.4, -0.2) is 38.8 Å². The van der Waals surface area contributed by atoms with E-state index in [0.29, 0.717) is 11.7 Å². The summed E-state index contributed by atoms with van der Waals surface area (Å²) in [7, 11) is 0. The highest BCUT2D eigenvalue weighted by atomic mass is 16.2. The Kier molecular flexibility index (Phi) is 4.80. The lowest BCUT2D eigenvalue weighted by atomic mass is 9.92. The maximum Gasteiger partial charge on any atom is 0.219 e. The Morgan fingerprint density at radius 1 is 1.26 bits per heavy atom. The van der Waals surface area contributed by atoms with E-state index in [0.717, 1.165) is 43.9 Å². The summed E-state index contributed by atoms with van der Waals surface area (Å²) < 4.78 is 0. The van der Waals surface area contributed by atoms with Crippen LogP contribution in [0.3, 0.4) is 0 Å². The van der Waals surface area contributed by atoms with E-state index in [2.05, 4.69) is 20.3 Å². The van der Waals surface area contributed by atoms with Crippen molar-refractivity contribution in [3.05, 3.63) is 42.5 Å². The van der Waals surface area contributed by atoms with Gasteiger partial charge >= 0.3 is 0 Å². The normalized spacial score (nSPS) is 15.4. The quantitative estimate of drug-likeness (QED) is 0.939. The standard InChI is InChI=1S/C17H21N5O/c1-13(23)22-8-5-14(6-9-22)10-15-11-18-12-17(20-15)21-16-4-2-3-7-19-16/h2-4,7,11-12,14H,5-6,8-10H2,1H3,(H,19,20,21). The lowest BCUT2D eigenvalue weighted by Gasteiger charge is -2.31. The molecule has 0 bridgehead atoms. The molecule has 120 valence electrons. The van der Waals surface area contributed by atoms with Gasteiger partial charge in [0.15, 0.2) is 0 Å². The molecule has 2 aromatic rings. The molecule has 0 atom stereocenters. The van der Waals surface area contributed by atoms with Crippen molar-refractivity contribution in [2.75, 3.05) is 18.4 Å². The molecule has 0 unspecified atom stereocenters. The highest BCUT2D eigenvalue weighted by Crippen LogP contribution is 2.21. The third kappa shape index (κ3) is 4.25. The summed E-state index contributed by atoms with van der Waals surface area (Å²) in [6.07, 6.45) is 8.22. The van der Waals surface area contributed by atoms with E-state index in [1.54, 1.807) is 19.3 Å². The molecular formula is C17H21N5O. The zero-order valence-corrected chi connectivity index (χ0v) is 13.3. The topological polar surface area (TPSA) is 71.0 Å². The van der Waals surface area contributed by atoms with E-state index in [1.807, 2.05) is 29.3 Å². The van der Waals surface area contributed by atoms with Crippen LogP contribution < -0.4 is 5.32 Å². The molecule has 6 heteroatoms. The molecule has 0 saturated carbocycles. The molecule has 2 aromatic heterocycles. The van der Waals surface area contributed by atoms with E-state index >= 15 is 0 Å². The van der Waals surface area contributed by atoms with Crippen LogP contribution in [0.1, 0.15) is 25.5 Å². The van der Waals surface area contributed by atoms with Crippen molar-refractivity contribution >= 4 is 17.5 Å². The van der Waals surface area contributed by atoms with Gasteiger partial charge in [0.1, 0.15) is 11.6 Å². The molecule has 0 spiro atoms. The number of rotatable bonds is 4. The predicted octanol–water partition coefficient (Wildman–Crippen LogP) is 2.42. The molecular weight excluding hydrogens is 290 g/mol.